The summed E-state index contributed by atoms with van der Waals surface area (Å²) in [5, 5.41) is 0. The Labute approximate surface area is 553 Å². The molecule has 0 aliphatic heterocycles. The average Bonchev–Trinajstić information content (AvgIpc) is 3.64. The molecule has 0 saturated carbocycles. The summed E-state index contributed by atoms with van der Waals surface area (Å²) in [6, 6.07) is 65.9. The number of benzene rings is 8. The summed E-state index contributed by atoms with van der Waals surface area (Å²) in [5.74, 6) is 5.12. The fourth-order valence-electron chi connectivity index (χ4n) is 10.4. The minimum atomic E-state index is -0.346. The molecule has 8 aromatic rings. The van der Waals surface area contributed by atoms with E-state index in [1.165, 1.54) is 190 Å². The van der Waals surface area contributed by atoms with Crippen molar-refractivity contribution in [2.24, 2.45) is 0 Å². The van der Waals surface area contributed by atoms with E-state index in [0.717, 1.165) is 44.5 Å². The molecule has 8 rings (SSSR count). The van der Waals surface area contributed by atoms with E-state index in [4.69, 9.17) is 9.47 Å². The second-order valence-corrected chi connectivity index (χ2v) is 27.9. The fourth-order valence-corrected chi connectivity index (χ4v) is 14.1. The van der Waals surface area contributed by atoms with Gasteiger partial charge in [0.15, 0.2) is 0 Å². The predicted octanol–water partition coefficient (Wildman–Crippen LogP) is 25.9. The molecule has 8 heteroatoms. The second-order valence-electron chi connectivity index (χ2n) is 23.2. The van der Waals surface area contributed by atoms with Crippen LogP contribution in [0.4, 0.5) is 0 Å². The molecule has 0 aliphatic rings. The van der Waals surface area contributed by atoms with Crippen molar-refractivity contribution < 1.29 is 19.1 Å². The summed E-state index contributed by atoms with van der Waals surface area (Å²) in [4.78, 5) is 30.9. The van der Waals surface area contributed by atoms with Gasteiger partial charge in [-0.15, -0.1) is 47.0 Å². The summed E-state index contributed by atoms with van der Waals surface area (Å²) in [7, 11) is 0. The molecule has 0 atom stereocenters. The summed E-state index contributed by atoms with van der Waals surface area (Å²) in [6.45, 7) is 9.05. The van der Waals surface area contributed by atoms with Crippen LogP contribution < -0.4 is 9.47 Å². The molecule has 0 fully saturated rings. The molecule has 0 spiro atoms. The van der Waals surface area contributed by atoms with Crippen LogP contribution in [0.3, 0.4) is 0 Å². The largest absolute Gasteiger partial charge is 0.423 e. The highest BCUT2D eigenvalue weighted by Crippen LogP contribution is 2.32. The second kappa shape index (κ2) is 42.2. The number of ether oxygens (including phenoxy) is 2. The maximum atomic E-state index is 12.8. The zero-order valence-corrected chi connectivity index (χ0v) is 57.1. The number of hydrogen-bond donors (Lipinski definition) is 0. The normalized spacial score (nSPS) is 11.1. The summed E-state index contributed by atoms with van der Waals surface area (Å²) < 4.78 is 11.4. The zero-order valence-electron chi connectivity index (χ0n) is 53.8. The summed E-state index contributed by atoms with van der Waals surface area (Å²) in [6.07, 6.45) is 30.6. The Morgan fingerprint density at radius 1 is 0.236 bits per heavy atom. The van der Waals surface area contributed by atoms with Crippen LogP contribution in [0.25, 0.3) is 44.5 Å². The van der Waals surface area contributed by atoms with Gasteiger partial charge in [0.05, 0.1) is 11.1 Å². The first-order valence-electron chi connectivity index (χ1n) is 33.6. The maximum Gasteiger partial charge on any atom is 0.343 e. The van der Waals surface area contributed by atoms with Crippen LogP contribution in [-0.4, -0.2) is 35.0 Å². The van der Waals surface area contributed by atoms with Crippen molar-refractivity contribution in [3.63, 3.8) is 0 Å². The topological polar surface area (TPSA) is 52.6 Å². The standard InChI is InChI=1S/C41H50O2S2.C40H48O2S2/c1-3-5-7-9-11-13-31-44-39-27-21-35(22-28-39)33-15-17-37(18-16-33)41(42)43-38-25-19-34(20-26-38)36-23-29-40(30-24-36)45-32-14-12-10-8-6-4-2;1-3-5-7-9-11-13-31-44-38-26-20-34(21-27-38)32-14-16-36(17-15-32)40(41)42-37-24-18-33(19-25-37)35-22-28-39(29-23-35)43-30-12-10-8-6-4-2/h15-30H,3-14,31-32H2,1-2H3;14-29H,3-13,30-31H2,1-2H3. The van der Waals surface area contributed by atoms with E-state index in [2.05, 4.69) is 125 Å². The lowest BCUT2D eigenvalue weighted by Gasteiger charge is -2.08. The first-order chi connectivity index (χ1) is 43.8. The van der Waals surface area contributed by atoms with Gasteiger partial charge in [0, 0.05) is 19.6 Å². The molecular formula is C81H98O4S4. The van der Waals surface area contributed by atoms with Crippen molar-refractivity contribution in [3.05, 3.63) is 205 Å². The maximum absolute atomic E-state index is 12.8. The Balaban J connectivity index is 0.000000254. The third-order valence-corrected chi connectivity index (χ3v) is 20.3. The predicted molar refractivity (Wildman–Crippen MR) is 389 cm³/mol. The summed E-state index contributed by atoms with van der Waals surface area (Å²) >= 11 is 7.76. The molecule has 4 nitrogen and oxygen atoms in total. The monoisotopic (exact) mass is 1260 g/mol. The Hall–Kier alpha value is -5.90. The Bertz CT molecular complexity index is 3180. The number of thioether (sulfide) groups is 4. The SMILES string of the molecule is CCCCCCCCSc1ccc(-c2ccc(C(=O)Oc3ccc(-c4ccc(SCCCCCCC)cc4)cc3)cc2)cc1.CCCCCCCCSc1ccc(-c2ccc(OC(=O)c3ccc(-c4ccc(SCCCCCCCC)cc4)cc3)cc2)cc1. The minimum Gasteiger partial charge on any atom is -0.423 e. The third kappa shape index (κ3) is 26.5. The van der Waals surface area contributed by atoms with Crippen molar-refractivity contribution in [2.45, 2.75) is 195 Å². The number of hydrogen-bond acceptors (Lipinski definition) is 8. The zero-order chi connectivity index (χ0) is 62.4. The van der Waals surface area contributed by atoms with Gasteiger partial charge in [-0.1, -0.05) is 247 Å². The molecule has 0 bridgehead atoms. The molecule has 8 aromatic carbocycles. The van der Waals surface area contributed by atoms with Crippen molar-refractivity contribution in [1.29, 1.82) is 0 Å². The highest BCUT2D eigenvalue weighted by Gasteiger charge is 2.13. The molecule has 0 heterocycles. The molecule has 0 aromatic heterocycles. The van der Waals surface area contributed by atoms with Crippen molar-refractivity contribution >= 4 is 59.0 Å². The number of carbonyl (C=O) groups excluding carboxylic acids is 2. The van der Waals surface area contributed by atoms with Crippen LogP contribution in [0.2, 0.25) is 0 Å². The smallest absolute Gasteiger partial charge is 0.343 e. The number of esters is 2. The van der Waals surface area contributed by atoms with Gasteiger partial charge >= 0.3 is 11.9 Å². The highest BCUT2D eigenvalue weighted by molar-refractivity contribution is 8.00. The Morgan fingerprint density at radius 3 is 0.629 bits per heavy atom. The first-order valence-corrected chi connectivity index (χ1v) is 37.5. The van der Waals surface area contributed by atoms with Crippen molar-refractivity contribution in [1.82, 2.24) is 0 Å². The molecule has 0 amide bonds. The van der Waals surface area contributed by atoms with Gasteiger partial charge in [0.25, 0.3) is 0 Å². The van der Waals surface area contributed by atoms with E-state index in [-0.39, 0.29) is 11.9 Å². The van der Waals surface area contributed by atoms with Crippen LogP contribution in [0.15, 0.2) is 214 Å². The molecule has 89 heavy (non-hydrogen) atoms. The van der Waals surface area contributed by atoms with E-state index in [1.807, 2.05) is 144 Å². The number of rotatable bonds is 39. The quantitative estimate of drug-likeness (QED) is 0.0164. The van der Waals surface area contributed by atoms with Crippen molar-refractivity contribution in [3.8, 4) is 56.0 Å². The van der Waals surface area contributed by atoms with Gasteiger partial charge in [-0.25, -0.2) is 9.59 Å². The molecule has 0 aliphatic carbocycles. The molecular weight excluding hydrogens is 1170 g/mol. The van der Waals surface area contributed by atoms with Gasteiger partial charge in [0.2, 0.25) is 0 Å². The number of unbranched alkanes of at least 4 members (excludes halogenated alkanes) is 19. The van der Waals surface area contributed by atoms with E-state index >= 15 is 0 Å². The molecule has 0 N–H and O–H groups in total. The van der Waals surface area contributed by atoms with E-state index in [9.17, 15) is 9.59 Å². The van der Waals surface area contributed by atoms with E-state index < -0.39 is 0 Å². The van der Waals surface area contributed by atoms with Crippen LogP contribution in [0.1, 0.15) is 196 Å². The van der Waals surface area contributed by atoms with E-state index in [1.54, 1.807) is 0 Å². The Morgan fingerprint density at radius 2 is 0.416 bits per heavy atom. The average molecular weight is 1260 g/mol. The van der Waals surface area contributed by atoms with E-state index in [0.29, 0.717) is 22.6 Å². The van der Waals surface area contributed by atoms with Crippen LogP contribution in [0.5, 0.6) is 11.5 Å². The summed E-state index contributed by atoms with van der Waals surface area (Å²) in [5.41, 5.74) is 10.1. The first kappa shape index (κ1) is 70.6. The van der Waals surface area contributed by atoms with Gasteiger partial charge in [-0.2, -0.15) is 0 Å². The van der Waals surface area contributed by atoms with Crippen LogP contribution in [-0.2, 0) is 0 Å². The lowest BCUT2D eigenvalue weighted by molar-refractivity contribution is 0.0725. The minimum absolute atomic E-state index is 0.345. The van der Waals surface area contributed by atoms with Gasteiger partial charge in [-0.05, 0) is 190 Å². The lowest BCUT2D eigenvalue weighted by Crippen LogP contribution is -2.08. The third-order valence-electron chi connectivity index (χ3n) is 15.9. The highest BCUT2D eigenvalue weighted by atomic mass is 32.2. The van der Waals surface area contributed by atoms with Gasteiger partial charge in [0.1, 0.15) is 11.5 Å². The van der Waals surface area contributed by atoms with Crippen LogP contribution >= 0.6 is 47.0 Å². The molecule has 0 radical (unpaired) electrons. The van der Waals surface area contributed by atoms with Gasteiger partial charge in [-0.3, -0.25) is 0 Å². The fraction of sp³-hybridized carbons (Fsp3) is 0.383. The number of carbonyl (C=O) groups is 2. The Kier molecular flexibility index (Phi) is 33.5. The molecule has 0 saturated heterocycles. The molecule has 470 valence electrons. The van der Waals surface area contributed by atoms with Crippen molar-refractivity contribution in [2.75, 3.05) is 23.0 Å². The lowest BCUT2D eigenvalue weighted by atomic mass is 10.0. The van der Waals surface area contributed by atoms with Gasteiger partial charge < -0.3 is 9.47 Å². The van der Waals surface area contributed by atoms with Crippen LogP contribution in [0, 0.1) is 0 Å². The molecule has 0 unspecified atom stereocenters.